The highest BCUT2D eigenvalue weighted by molar-refractivity contribution is 5.93. The molecule has 12 heteroatoms. The van der Waals surface area contributed by atoms with E-state index in [0.717, 1.165) is 18.9 Å². The number of aromatic nitrogens is 3. The largest absolute Gasteiger partial charge is 0.444 e. The van der Waals surface area contributed by atoms with Crippen LogP contribution in [-0.2, 0) is 11.3 Å². The van der Waals surface area contributed by atoms with Crippen molar-refractivity contribution in [2.24, 2.45) is 5.92 Å². The molecule has 1 saturated carbocycles. The number of carbonyl (C=O) groups excluding carboxylic acids is 1. The Labute approximate surface area is 224 Å². The van der Waals surface area contributed by atoms with Crippen molar-refractivity contribution in [3.8, 4) is 6.07 Å². The molecule has 1 aliphatic carbocycles. The highest BCUT2D eigenvalue weighted by Gasteiger charge is 2.38. The first-order valence-corrected chi connectivity index (χ1v) is 12.9. The third-order valence-electron chi connectivity index (χ3n) is 6.36. The minimum absolute atomic E-state index is 0.0306. The number of pyridine rings is 1. The summed E-state index contributed by atoms with van der Waals surface area (Å²) in [5.74, 6) is -0.484. The summed E-state index contributed by atoms with van der Waals surface area (Å²) in [4.78, 5) is 16.9. The fourth-order valence-corrected chi connectivity index (χ4v) is 4.45. The average Bonchev–Trinajstić information content (AvgIpc) is 3.62. The van der Waals surface area contributed by atoms with E-state index in [-0.39, 0.29) is 35.2 Å². The Morgan fingerprint density at radius 3 is 2.64 bits per heavy atom. The number of nitrogens with zero attached hydrogens (tertiary/aromatic N) is 4. The van der Waals surface area contributed by atoms with E-state index in [0.29, 0.717) is 23.0 Å². The average molecular weight is 544 g/mol. The molecule has 3 aromatic rings. The number of anilines is 3. The summed E-state index contributed by atoms with van der Waals surface area (Å²) in [6.45, 7) is 6.69. The van der Waals surface area contributed by atoms with Gasteiger partial charge in [0.1, 0.15) is 18.2 Å². The van der Waals surface area contributed by atoms with Gasteiger partial charge in [0, 0.05) is 5.39 Å². The second-order valence-electron chi connectivity index (χ2n) is 10.6. The number of ether oxygens (including phenoxy) is 1. The van der Waals surface area contributed by atoms with Crippen LogP contribution in [0, 0.1) is 23.1 Å². The minimum Gasteiger partial charge on any atom is -0.444 e. The maximum atomic E-state index is 15.1. The molecular formula is C27H32F3N7O2. The number of benzene rings is 1. The highest BCUT2D eigenvalue weighted by atomic mass is 19.3. The van der Waals surface area contributed by atoms with Crippen molar-refractivity contribution >= 4 is 34.3 Å². The fraction of sp³-hybridized carbons (Fsp3) is 0.481. The second-order valence-corrected chi connectivity index (χ2v) is 10.6. The van der Waals surface area contributed by atoms with E-state index in [1.807, 2.05) is 13.0 Å². The van der Waals surface area contributed by atoms with Gasteiger partial charge in [0.25, 0.3) is 6.43 Å². The minimum atomic E-state index is -2.57. The Hall–Kier alpha value is -4.01. The number of nitrogens with one attached hydrogen (secondary N) is 3. The molecule has 0 spiro atoms. The first kappa shape index (κ1) is 28.0. The lowest BCUT2D eigenvalue weighted by Gasteiger charge is -2.30. The van der Waals surface area contributed by atoms with Crippen molar-refractivity contribution < 1.29 is 22.7 Å². The van der Waals surface area contributed by atoms with E-state index >= 15 is 4.39 Å². The molecule has 1 fully saturated rings. The summed E-state index contributed by atoms with van der Waals surface area (Å²) in [5.41, 5.74) is 0.265. The lowest BCUT2D eigenvalue weighted by Crippen LogP contribution is -2.49. The Morgan fingerprint density at radius 1 is 1.28 bits per heavy atom. The number of alkyl halides is 2. The number of fused-ring (bicyclic) bond motifs is 1. The van der Waals surface area contributed by atoms with Gasteiger partial charge in [-0.15, -0.1) is 0 Å². The topological polar surface area (TPSA) is 117 Å². The monoisotopic (exact) mass is 543 g/mol. The molecule has 4 rings (SSSR count). The molecule has 0 aliphatic heterocycles. The summed E-state index contributed by atoms with van der Waals surface area (Å²) >= 11 is 0. The van der Waals surface area contributed by atoms with Crippen molar-refractivity contribution in [1.29, 1.82) is 5.26 Å². The first-order chi connectivity index (χ1) is 18.5. The van der Waals surface area contributed by atoms with Crippen molar-refractivity contribution in [1.82, 2.24) is 20.1 Å². The van der Waals surface area contributed by atoms with E-state index in [2.05, 4.69) is 26.0 Å². The van der Waals surface area contributed by atoms with Crippen LogP contribution in [0.1, 0.15) is 52.5 Å². The first-order valence-electron chi connectivity index (χ1n) is 12.9. The van der Waals surface area contributed by atoms with E-state index < -0.39 is 30.5 Å². The molecule has 208 valence electrons. The summed E-state index contributed by atoms with van der Waals surface area (Å²) in [5, 5.41) is 23.3. The van der Waals surface area contributed by atoms with Crippen LogP contribution in [0.2, 0.25) is 0 Å². The fourth-order valence-electron chi connectivity index (χ4n) is 4.45. The molecular weight excluding hydrogens is 511 g/mol. The zero-order chi connectivity index (χ0) is 28.3. The molecule has 3 N–H and O–H groups in total. The summed E-state index contributed by atoms with van der Waals surface area (Å²) < 4.78 is 47.6. The number of nitriles is 1. The molecule has 1 amide bonds. The molecule has 2 heterocycles. The zero-order valence-electron chi connectivity index (χ0n) is 22.3. The van der Waals surface area contributed by atoms with Gasteiger partial charge in [-0.05, 0) is 64.2 Å². The van der Waals surface area contributed by atoms with Crippen LogP contribution in [-0.4, -0.2) is 45.0 Å². The van der Waals surface area contributed by atoms with Crippen molar-refractivity contribution in [3.63, 3.8) is 0 Å². The third-order valence-corrected chi connectivity index (χ3v) is 6.36. The zero-order valence-corrected chi connectivity index (χ0v) is 22.3. The van der Waals surface area contributed by atoms with Crippen molar-refractivity contribution in [2.75, 3.05) is 10.6 Å². The van der Waals surface area contributed by atoms with Gasteiger partial charge in [-0.2, -0.15) is 10.4 Å². The quantitative estimate of drug-likeness (QED) is 0.290. The third kappa shape index (κ3) is 6.90. The number of halogens is 3. The van der Waals surface area contributed by atoms with E-state index in [1.54, 1.807) is 39.0 Å². The maximum absolute atomic E-state index is 15.1. The summed E-state index contributed by atoms with van der Waals surface area (Å²) in [7, 11) is 0. The van der Waals surface area contributed by atoms with Gasteiger partial charge in [-0.3, -0.25) is 4.68 Å². The molecule has 39 heavy (non-hydrogen) atoms. The SMILES string of the molecule is CC[C@H](NC(=O)OC(C)(C)C)[C@H](Nc1nc(Nc2cccc3c2cnn3CC(F)F)c(C#N)cc1F)C1CC1. The molecule has 1 aliphatic rings. The predicted octanol–water partition coefficient (Wildman–Crippen LogP) is 5.94. The number of carbonyl (C=O) groups is 1. The Bertz CT molecular complexity index is 1380. The van der Waals surface area contributed by atoms with Crippen LogP contribution < -0.4 is 16.0 Å². The Balaban J connectivity index is 1.61. The smallest absolute Gasteiger partial charge is 0.407 e. The predicted molar refractivity (Wildman–Crippen MR) is 142 cm³/mol. The molecule has 0 unspecified atom stereocenters. The van der Waals surface area contributed by atoms with E-state index in [9.17, 15) is 18.8 Å². The normalized spacial score (nSPS) is 15.1. The Kier molecular flexibility index (Phi) is 8.18. The molecule has 2 atom stereocenters. The van der Waals surface area contributed by atoms with E-state index in [1.165, 1.54) is 10.9 Å². The van der Waals surface area contributed by atoms with Gasteiger partial charge in [0.2, 0.25) is 0 Å². The van der Waals surface area contributed by atoms with Gasteiger partial charge in [-0.1, -0.05) is 13.0 Å². The Morgan fingerprint density at radius 2 is 2.03 bits per heavy atom. The lowest BCUT2D eigenvalue weighted by molar-refractivity contribution is 0.0495. The van der Waals surface area contributed by atoms with Crippen LogP contribution in [0.25, 0.3) is 10.9 Å². The van der Waals surface area contributed by atoms with Crippen LogP contribution in [0.3, 0.4) is 0 Å². The number of hydrogen-bond acceptors (Lipinski definition) is 7. The maximum Gasteiger partial charge on any atom is 0.407 e. The molecule has 1 aromatic carbocycles. The highest BCUT2D eigenvalue weighted by Crippen LogP contribution is 2.37. The van der Waals surface area contributed by atoms with Crippen LogP contribution in [0.15, 0.2) is 30.5 Å². The van der Waals surface area contributed by atoms with Crippen LogP contribution in [0.4, 0.5) is 35.3 Å². The van der Waals surface area contributed by atoms with Gasteiger partial charge in [0.05, 0.1) is 35.0 Å². The van der Waals surface area contributed by atoms with E-state index in [4.69, 9.17) is 4.74 Å². The van der Waals surface area contributed by atoms with Crippen LogP contribution >= 0.6 is 0 Å². The number of alkyl carbamates (subject to hydrolysis) is 1. The second kappa shape index (κ2) is 11.4. The number of hydrogen-bond donors (Lipinski definition) is 3. The van der Waals surface area contributed by atoms with Crippen molar-refractivity contribution in [3.05, 3.63) is 41.8 Å². The van der Waals surface area contributed by atoms with Gasteiger partial charge in [-0.25, -0.2) is 22.9 Å². The van der Waals surface area contributed by atoms with Gasteiger partial charge < -0.3 is 20.7 Å². The van der Waals surface area contributed by atoms with Gasteiger partial charge in [0.15, 0.2) is 17.5 Å². The van der Waals surface area contributed by atoms with Gasteiger partial charge >= 0.3 is 6.09 Å². The lowest BCUT2D eigenvalue weighted by atomic mass is 10.0. The molecule has 9 nitrogen and oxygen atoms in total. The number of rotatable bonds is 10. The standard InChI is InChI=1S/C27H32F3N7O2/c1-5-19(34-26(38)39-27(2,3)4)23(15-9-10-15)35-25-18(28)11-16(12-31)24(36-25)33-20-7-6-8-21-17(20)13-32-37(21)14-22(29)30/h6-8,11,13,15,19,22-23H,5,9-10,14H2,1-4H3,(H,34,38)(H2,33,35,36)/t19-,23+/m0/s1. The summed E-state index contributed by atoms with van der Waals surface area (Å²) in [6, 6.07) is 7.39. The van der Waals surface area contributed by atoms with Crippen LogP contribution in [0.5, 0.6) is 0 Å². The molecule has 2 aromatic heterocycles. The summed E-state index contributed by atoms with van der Waals surface area (Å²) in [6.07, 6.45) is 0.721. The molecule has 0 saturated heterocycles. The molecule has 0 bridgehead atoms. The van der Waals surface area contributed by atoms with Crippen molar-refractivity contribution in [2.45, 2.75) is 77.6 Å². The molecule has 0 radical (unpaired) electrons. The number of amides is 1.